The Hall–Kier alpha value is -1.68. The molecule has 1 aliphatic carbocycles. The van der Waals surface area contributed by atoms with Crippen molar-refractivity contribution in [2.45, 2.75) is 17.5 Å². The molecule has 1 fully saturated rings. The van der Waals surface area contributed by atoms with Crippen molar-refractivity contribution in [2.24, 2.45) is 0 Å². The Bertz CT molecular complexity index is 641. The molecule has 0 radical (unpaired) electrons. The van der Waals surface area contributed by atoms with Crippen LogP contribution in [0.2, 0.25) is 0 Å². The second-order valence-electron chi connectivity index (χ2n) is 4.99. The van der Waals surface area contributed by atoms with Crippen molar-refractivity contribution in [1.29, 1.82) is 0 Å². The molecule has 0 aromatic heterocycles. The Kier molecular flexibility index (Phi) is 3.13. The highest BCUT2D eigenvalue weighted by molar-refractivity contribution is 9.10. The normalized spacial score (nSPS) is 28.1. The van der Waals surface area contributed by atoms with Crippen LogP contribution in [0.1, 0.15) is 23.0 Å². The van der Waals surface area contributed by atoms with Crippen molar-refractivity contribution in [3.8, 4) is 0 Å². The zero-order valence-corrected chi connectivity index (χ0v) is 12.0. The maximum absolute atomic E-state index is 14.8. The quantitative estimate of drug-likeness (QED) is 0.916. The molecule has 0 aliphatic heterocycles. The van der Waals surface area contributed by atoms with Gasteiger partial charge in [0.1, 0.15) is 0 Å². The van der Waals surface area contributed by atoms with Crippen LogP contribution in [-0.4, -0.2) is 16.7 Å². The second kappa shape index (κ2) is 4.70. The molecule has 2 aromatic rings. The first-order valence-electron chi connectivity index (χ1n) is 6.28. The van der Waals surface area contributed by atoms with E-state index in [2.05, 4.69) is 15.9 Å². The van der Waals surface area contributed by atoms with Gasteiger partial charge in [-0.05, 0) is 23.3 Å². The Morgan fingerprint density at radius 2 is 1.50 bits per heavy atom. The van der Waals surface area contributed by atoms with Crippen LogP contribution < -0.4 is 0 Å². The Morgan fingerprint density at radius 3 is 2.00 bits per heavy atom. The summed E-state index contributed by atoms with van der Waals surface area (Å²) >= 11 is 3.32. The van der Waals surface area contributed by atoms with Gasteiger partial charge < -0.3 is 5.11 Å². The molecule has 1 saturated carbocycles. The first kappa shape index (κ1) is 13.3. The lowest BCUT2D eigenvalue weighted by atomic mass is 10.0. The number of aliphatic carboxylic acids is 1. The highest BCUT2D eigenvalue weighted by Crippen LogP contribution is 2.66. The molecule has 2 aromatic carbocycles. The molecule has 3 atom stereocenters. The number of carboxylic acids is 1. The summed E-state index contributed by atoms with van der Waals surface area (Å²) in [5, 5.41) is 9.25. The molecule has 0 bridgehead atoms. The highest BCUT2D eigenvalue weighted by Gasteiger charge is 2.72. The predicted octanol–water partition coefficient (Wildman–Crippen LogP) is 4.12. The topological polar surface area (TPSA) is 37.3 Å². The first-order valence-corrected chi connectivity index (χ1v) is 7.07. The van der Waals surface area contributed by atoms with Gasteiger partial charge in [-0.2, -0.15) is 0 Å². The van der Waals surface area contributed by atoms with E-state index in [1.165, 1.54) is 0 Å². The number of hydrogen-bond donors (Lipinski definition) is 1. The lowest BCUT2D eigenvalue weighted by molar-refractivity contribution is -0.145. The Labute approximate surface area is 124 Å². The zero-order chi connectivity index (χ0) is 14.3. The molecule has 20 heavy (non-hydrogen) atoms. The van der Waals surface area contributed by atoms with Crippen LogP contribution >= 0.6 is 15.9 Å². The van der Waals surface area contributed by atoms with E-state index in [1.54, 1.807) is 48.5 Å². The molecule has 4 heteroatoms. The van der Waals surface area contributed by atoms with Gasteiger partial charge in [0.25, 0.3) is 0 Å². The fraction of sp³-hybridized carbons (Fsp3) is 0.188. The number of carbonyl (C=O) groups is 1. The van der Waals surface area contributed by atoms with Gasteiger partial charge in [0.2, 0.25) is 5.67 Å². The van der Waals surface area contributed by atoms with Crippen LogP contribution in [0.25, 0.3) is 0 Å². The Morgan fingerprint density at radius 1 is 1.00 bits per heavy atom. The summed E-state index contributed by atoms with van der Waals surface area (Å²) < 4.78 is 15.7. The summed E-state index contributed by atoms with van der Waals surface area (Å²) in [7, 11) is 0. The van der Waals surface area contributed by atoms with Gasteiger partial charge in [0, 0.05) is 16.3 Å². The van der Waals surface area contributed by atoms with E-state index in [0.29, 0.717) is 5.56 Å². The maximum atomic E-state index is 14.8. The van der Waals surface area contributed by atoms with Crippen molar-refractivity contribution in [1.82, 2.24) is 0 Å². The van der Waals surface area contributed by atoms with E-state index in [9.17, 15) is 14.3 Å². The summed E-state index contributed by atoms with van der Waals surface area (Å²) in [6, 6.07) is 16.1. The minimum atomic E-state index is -2.21. The molecule has 1 N–H and O–H groups in total. The monoisotopic (exact) mass is 334 g/mol. The summed E-state index contributed by atoms with van der Waals surface area (Å²) in [6.07, 6.45) is 0. The van der Waals surface area contributed by atoms with Crippen molar-refractivity contribution in [2.75, 3.05) is 0 Å². The fourth-order valence-corrected chi connectivity index (χ4v) is 3.09. The third kappa shape index (κ3) is 1.95. The van der Waals surface area contributed by atoms with Gasteiger partial charge in [0.05, 0.1) is 0 Å². The standard InChI is InChI=1S/C16H12BrFO2/c17-12-8-6-11(7-9-12)14-13(16(14,18)15(19)20)10-4-2-1-3-5-10/h1-9,13-14H,(H,19,20). The minimum absolute atomic E-state index is 0.623. The summed E-state index contributed by atoms with van der Waals surface area (Å²) in [5.41, 5.74) is -0.771. The number of hydrogen-bond acceptors (Lipinski definition) is 1. The van der Waals surface area contributed by atoms with E-state index in [0.717, 1.165) is 10.0 Å². The van der Waals surface area contributed by atoms with Gasteiger partial charge in [0.15, 0.2) is 0 Å². The average molecular weight is 335 g/mol. The number of rotatable bonds is 3. The van der Waals surface area contributed by atoms with E-state index >= 15 is 0 Å². The molecule has 3 rings (SSSR count). The van der Waals surface area contributed by atoms with Gasteiger partial charge in [-0.1, -0.05) is 58.4 Å². The van der Waals surface area contributed by atoms with Gasteiger partial charge in [-0.25, -0.2) is 9.18 Å². The van der Waals surface area contributed by atoms with Crippen molar-refractivity contribution in [3.63, 3.8) is 0 Å². The lowest BCUT2D eigenvalue weighted by Crippen LogP contribution is -2.19. The molecular formula is C16H12BrFO2. The number of halogens is 2. The first-order chi connectivity index (χ1) is 9.55. The third-order valence-electron chi connectivity index (χ3n) is 3.85. The highest BCUT2D eigenvalue weighted by atomic mass is 79.9. The predicted molar refractivity (Wildman–Crippen MR) is 77.5 cm³/mol. The molecule has 2 nitrogen and oxygen atoms in total. The fourth-order valence-electron chi connectivity index (χ4n) is 2.82. The smallest absolute Gasteiger partial charge is 0.342 e. The van der Waals surface area contributed by atoms with Gasteiger partial charge >= 0.3 is 5.97 Å². The van der Waals surface area contributed by atoms with Crippen LogP contribution in [0.15, 0.2) is 59.1 Å². The third-order valence-corrected chi connectivity index (χ3v) is 4.37. The summed E-state index contributed by atoms with van der Waals surface area (Å²) in [6.45, 7) is 0. The van der Waals surface area contributed by atoms with Gasteiger partial charge in [-0.15, -0.1) is 0 Å². The van der Waals surface area contributed by atoms with E-state index in [4.69, 9.17) is 0 Å². The molecule has 3 unspecified atom stereocenters. The van der Waals surface area contributed by atoms with E-state index in [-0.39, 0.29) is 0 Å². The SMILES string of the molecule is O=C(O)C1(F)C(c2ccccc2)C1c1ccc(Br)cc1. The lowest BCUT2D eigenvalue weighted by Gasteiger charge is -2.01. The van der Waals surface area contributed by atoms with Crippen molar-refractivity contribution >= 4 is 21.9 Å². The van der Waals surface area contributed by atoms with E-state index < -0.39 is 23.5 Å². The van der Waals surface area contributed by atoms with Crippen molar-refractivity contribution < 1.29 is 14.3 Å². The Balaban J connectivity index is 2.01. The molecule has 0 saturated heterocycles. The summed E-state index contributed by atoms with van der Waals surface area (Å²) in [5.74, 6) is -2.64. The van der Waals surface area contributed by atoms with Crippen molar-refractivity contribution in [3.05, 3.63) is 70.2 Å². The van der Waals surface area contributed by atoms with Crippen LogP contribution in [0.4, 0.5) is 4.39 Å². The molecule has 0 spiro atoms. The van der Waals surface area contributed by atoms with Gasteiger partial charge in [-0.3, -0.25) is 0 Å². The molecule has 1 aliphatic rings. The van der Waals surface area contributed by atoms with Crippen LogP contribution in [0.3, 0.4) is 0 Å². The molecule has 0 amide bonds. The summed E-state index contributed by atoms with van der Waals surface area (Å²) in [4.78, 5) is 11.3. The minimum Gasteiger partial charge on any atom is -0.479 e. The van der Waals surface area contributed by atoms with Crippen LogP contribution in [0, 0.1) is 0 Å². The zero-order valence-electron chi connectivity index (χ0n) is 10.5. The molecule has 102 valence electrons. The second-order valence-corrected chi connectivity index (χ2v) is 5.91. The molecule has 0 heterocycles. The molecular weight excluding hydrogens is 323 g/mol. The van der Waals surface area contributed by atoms with Crippen LogP contribution in [-0.2, 0) is 4.79 Å². The van der Waals surface area contributed by atoms with E-state index in [1.807, 2.05) is 6.07 Å². The van der Waals surface area contributed by atoms with Crippen LogP contribution in [0.5, 0.6) is 0 Å². The largest absolute Gasteiger partial charge is 0.479 e. The number of benzene rings is 2. The average Bonchev–Trinajstić information content (AvgIpc) is 3.09. The maximum Gasteiger partial charge on any atom is 0.342 e. The number of carboxylic acid groups (broad SMARTS) is 1. The number of alkyl halides is 1.